The summed E-state index contributed by atoms with van der Waals surface area (Å²) >= 11 is 0. The number of piperidine rings is 1. The molecule has 0 bridgehead atoms. The number of likely N-dealkylation sites (tertiary alicyclic amines) is 1. The fraction of sp³-hybridized carbons (Fsp3) is 0.375. The number of aliphatic hydroxyl groups is 2. The SMILES string of the molecule is CC(C)O.Cc1ccc(C2(O)CCN(CCCN3c4ccccc4C=Cc4ccccc43)CC2)cc1.Cl. The normalized spacial score (nSPS) is 16.1. The lowest BCUT2D eigenvalue weighted by molar-refractivity contribution is -0.0258. The Labute approximate surface area is 228 Å². The van der Waals surface area contributed by atoms with Crippen LogP contribution in [0.15, 0.2) is 72.8 Å². The van der Waals surface area contributed by atoms with E-state index in [1.807, 2.05) is 0 Å². The molecule has 2 aliphatic heterocycles. The standard InChI is InChI=1S/C29H32N2O.C3H8O.ClH/c1-23-11-15-26(16-12-23)29(32)17-21-30(22-18-29)19-6-20-31-27-9-4-2-7-24(27)13-14-25-8-3-5-10-28(25)31;1-3(2)4;/h2-5,7-16,32H,6,17-22H2,1H3;3-4H,1-2H3;1H. The Balaban J connectivity index is 0.000000711. The zero-order valence-corrected chi connectivity index (χ0v) is 23.1. The summed E-state index contributed by atoms with van der Waals surface area (Å²) in [4.78, 5) is 4.98. The number of fused-ring (bicyclic) bond motifs is 2. The van der Waals surface area contributed by atoms with Gasteiger partial charge in [0.25, 0.3) is 0 Å². The molecule has 0 amide bonds. The summed E-state index contributed by atoms with van der Waals surface area (Å²) in [5.41, 5.74) is 6.71. The maximum absolute atomic E-state index is 11.2. The molecule has 1 fully saturated rings. The van der Waals surface area contributed by atoms with Crippen molar-refractivity contribution in [1.82, 2.24) is 4.90 Å². The van der Waals surface area contributed by atoms with E-state index in [9.17, 15) is 5.11 Å². The second-order valence-corrected chi connectivity index (χ2v) is 10.3. The van der Waals surface area contributed by atoms with E-state index < -0.39 is 5.60 Å². The van der Waals surface area contributed by atoms with Crippen molar-refractivity contribution >= 4 is 35.9 Å². The van der Waals surface area contributed by atoms with Crippen LogP contribution in [0.2, 0.25) is 0 Å². The van der Waals surface area contributed by atoms with Gasteiger partial charge < -0.3 is 20.0 Å². The molecular formula is C32H41ClN2O2. The number of hydrogen-bond acceptors (Lipinski definition) is 4. The highest BCUT2D eigenvalue weighted by atomic mass is 35.5. The van der Waals surface area contributed by atoms with Gasteiger partial charge in [0.1, 0.15) is 0 Å². The molecule has 1 saturated heterocycles. The van der Waals surface area contributed by atoms with Crippen molar-refractivity contribution in [3.05, 3.63) is 95.1 Å². The van der Waals surface area contributed by atoms with Crippen LogP contribution < -0.4 is 4.90 Å². The highest BCUT2D eigenvalue weighted by Gasteiger charge is 2.33. The van der Waals surface area contributed by atoms with Gasteiger partial charge in [-0.05, 0) is 75.4 Å². The van der Waals surface area contributed by atoms with Crippen LogP contribution in [0, 0.1) is 6.92 Å². The Morgan fingerprint density at radius 2 is 1.27 bits per heavy atom. The van der Waals surface area contributed by atoms with Crippen molar-refractivity contribution in [3.8, 4) is 0 Å². The topological polar surface area (TPSA) is 46.9 Å². The molecule has 37 heavy (non-hydrogen) atoms. The van der Waals surface area contributed by atoms with Crippen molar-refractivity contribution in [2.75, 3.05) is 31.1 Å². The summed E-state index contributed by atoms with van der Waals surface area (Å²) in [5.74, 6) is 0. The third-order valence-corrected chi connectivity index (χ3v) is 7.03. The molecule has 0 aromatic heterocycles. The molecule has 2 heterocycles. The van der Waals surface area contributed by atoms with E-state index in [1.54, 1.807) is 13.8 Å². The van der Waals surface area contributed by atoms with Crippen molar-refractivity contribution < 1.29 is 10.2 Å². The first kappa shape index (κ1) is 28.9. The number of benzene rings is 3. The van der Waals surface area contributed by atoms with E-state index in [-0.39, 0.29) is 18.5 Å². The number of nitrogens with zero attached hydrogens (tertiary/aromatic N) is 2. The quantitative estimate of drug-likeness (QED) is 0.388. The number of aryl methyl sites for hydroxylation is 1. The van der Waals surface area contributed by atoms with E-state index in [2.05, 4.69) is 102 Å². The molecule has 4 nitrogen and oxygen atoms in total. The number of anilines is 2. The molecule has 0 unspecified atom stereocenters. The zero-order valence-electron chi connectivity index (χ0n) is 22.3. The van der Waals surface area contributed by atoms with Crippen molar-refractivity contribution in [1.29, 1.82) is 0 Å². The zero-order chi connectivity index (χ0) is 25.5. The highest BCUT2D eigenvalue weighted by Crippen LogP contribution is 2.36. The fourth-order valence-electron chi connectivity index (χ4n) is 5.05. The van der Waals surface area contributed by atoms with Gasteiger partial charge in [0.05, 0.1) is 5.60 Å². The molecule has 2 N–H and O–H groups in total. The first-order chi connectivity index (χ1) is 17.4. The lowest BCUT2D eigenvalue weighted by Gasteiger charge is -2.39. The maximum atomic E-state index is 11.2. The monoisotopic (exact) mass is 520 g/mol. The highest BCUT2D eigenvalue weighted by molar-refractivity contribution is 5.88. The minimum absolute atomic E-state index is 0. The van der Waals surface area contributed by atoms with Crippen LogP contribution in [0.5, 0.6) is 0 Å². The number of para-hydroxylation sites is 2. The molecule has 0 saturated carbocycles. The lowest BCUT2D eigenvalue weighted by atomic mass is 9.84. The summed E-state index contributed by atoms with van der Waals surface area (Å²) in [6.45, 7) is 9.46. The van der Waals surface area contributed by atoms with Crippen LogP contribution in [-0.4, -0.2) is 47.4 Å². The molecule has 0 spiro atoms. The predicted molar refractivity (Wildman–Crippen MR) is 159 cm³/mol. The smallest absolute Gasteiger partial charge is 0.0920 e. The molecule has 5 heteroatoms. The summed E-state index contributed by atoms with van der Waals surface area (Å²) < 4.78 is 0. The van der Waals surface area contributed by atoms with Gasteiger partial charge in [-0.3, -0.25) is 0 Å². The van der Waals surface area contributed by atoms with Gasteiger partial charge in [0, 0.05) is 37.1 Å². The third kappa shape index (κ3) is 7.45. The summed E-state index contributed by atoms with van der Waals surface area (Å²) in [6.07, 6.45) is 6.98. The summed E-state index contributed by atoms with van der Waals surface area (Å²) in [7, 11) is 0. The lowest BCUT2D eigenvalue weighted by Crippen LogP contribution is -2.43. The molecule has 0 atom stereocenters. The van der Waals surface area contributed by atoms with Gasteiger partial charge in [0.15, 0.2) is 0 Å². The third-order valence-electron chi connectivity index (χ3n) is 7.03. The van der Waals surface area contributed by atoms with E-state index >= 15 is 0 Å². The van der Waals surface area contributed by atoms with Crippen molar-refractivity contribution in [2.24, 2.45) is 0 Å². The predicted octanol–water partition coefficient (Wildman–Crippen LogP) is 6.80. The molecule has 3 aromatic carbocycles. The summed E-state index contributed by atoms with van der Waals surface area (Å²) in [6, 6.07) is 25.7. The molecule has 198 valence electrons. The van der Waals surface area contributed by atoms with E-state index in [0.717, 1.165) is 51.0 Å². The van der Waals surface area contributed by atoms with E-state index in [4.69, 9.17) is 5.11 Å². The Morgan fingerprint density at radius 3 is 1.78 bits per heavy atom. The van der Waals surface area contributed by atoms with Gasteiger partial charge in [0.2, 0.25) is 0 Å². The number of rotatable bonds is 5. The molecule has 0 aliphatic carbocycles. The van der Waals surface area contributed by atoms with Crippen molar-refractivity contribution in [2.45, 2.75) is 51.7 Å². The number of hydrogen-bond donors (Lipinski definition) is 2. The van der Waals surface area contributed by atoms with Gasteiger partial charge in [-0.1, -0.05) is 78.4 Å². The Kier molecular flexibility index (Phi) is 10.4. The molecule has 5 rings (SSSR count). The number of aliphatic hydroxyl groups excluding tert-OH is 1. The second kappa shape index (κ2) is 13.3. The molecular weight excluding hydrogens is 480 g/mol. The molecule has 3 aromatic rings. The Morgan fingerprint density at radius 1 is 0.784 bits per heavy atom. The maximum Gasteiger partial charge on any atom is 0.0920 e. The van der Waals surface area contributed by atoms with Crippen LogP contribution in [0.1, 0.15) is 55.4 Å². The largest absolute Gasteiger partial charge is 0.394 e. The van der Waals surface area contributed by atoms with Crippen LogP contribution in [0.4, 0.5) is 11.4 Å². The average Bonchev–Trinajstić information content (AvgIpc) is 3.03. The van der Waals surface area contributed by atoms with Crippen LogP contribution >= 0.6 is 12.4 Å². The first-order valence-electron chi connectivity index (χ1n) is 13.2. The van der Waals surface area contributed by atoms with Gasteiger partial charge in [-0.25, -0.2) is 0 Å². The number of halogens is 1. The van der Waals surface area contributed by atoms with Gasteiger partial charge >= 0.3 is 0 Å². The minimum atomic E-state index is -0.682. The van der Waals surface area contributed by atoms with Crippen LogP contribution in [-0.2, 0) is 5.60 Å². The first-order valence-corrected chi connectivity index (χ1v) is 13.2. The van der Waals surface area contributed by atoms with E-state index in [1.165, 1.54) is 28.1 Å². The van der Waals surface area contributed by atoms with Gasteiger partial charge in [-0.2, -0.15) is 0 Å². The van der Waals surface area contributed by atoms with Crippen LogP contribution in [0.3, 0.4) is 0 Å². The Bertz CT molecular complexity index is 1100. The Hall–Kier alpha value is -2.63. The summed E-state index contributed by atoms with van der Waals surface area (Å²) in [5, 5.41) is 19.2. The second-order valence-electron chi connectivity index (χ2n) is 10.3. The van der Waals surface area contributed by atoms with E-state index in [0.29, 0.717) is 0 Å². The molecule has 0 radical (unpaired) electrons. The molecule has 2 aliphatic rings. The average molecular weight is 521 g/mol. The van der Waals surface area contributed by atoms with Crippen LogP contribution in [0.25, 0.3) is 12.2 Å². The minimum Gasteiger partial charge on any atom is -0.394 e. The van der Waals surface area contributed by atoms with Gasteiger partial charge in [-0.15, -0.1) is 12.4 Å². The fourth-order valence-corrected chi connectivity index (χ4v) is 5.05. The van der Waals surface area contributed by atoms with Crippen molar-refractivity contribution in [3.63, 3.8) is 0 Å².